The Hall–Kier alpha value is -1.36. The summed E-state index contributed by atoms with van der Waals surface area (Å²) in [5.74, 6) is -0.300. The Kier molecular flexibility index (Phi) is 4.50. The number of aryl methyl sites for hydroxylation is 1. The van der Waals surface area contributed by atoms with Crippen LogP contribution >= 0.6 is 0 Å². The molecule has 0 aromatic heterocycles. The van der Waals surface area contributed by atoms with Gasteiger partial charge in [-0.2, -0.15) is 0 Å². The maximum Gasteiger partial charge on any atom is 0.224 e. The number of amides is 1. The highest BCUT2D eigenvalue weighted by Crippen LogP contribution is 2.41. The molecule has 1 atom stereocenters. The van der Waals surface area contributed by atoms with Crippen LogP contribution in [0.15, 0.2) is 24.3 Å². The van der Waals surface area contributed by atoms with Gasteiger partial charge in [0.2, 0.25) is 5.91 Å². The maximum absolute atomic E-state index is 12.4. The molecule has 1 saturated carbocycles. The molecular formula is C18H25NO3S. The molecule has 0 spiro atoms. The van der Waals surface area contributed by atoms with Crippen LogP contribution in [0.1, 0.15) is 43.2 Å². The van der Waals surface area contributed by atoms with Gasteiger partial charge in [-0.05, 0) is 31.7 Å². The molecule has 5 heteroatoms. The second kappa shape index (κ2) is 6.27. The third-order valence-corrected chi connectivity index (χ3v) is 7.16. The molecule has 2 fully saturated rings. The fourth-order valence-corrected chi connectivity index (χ4v) is 5.74. The van der Waals surface area contributed by atoms with E-state index in [1.54, 1.807) is 0 Å². The Balaban J connectivity index is 1.70. The van der Waals surface area contributed by atoms with Crippen molar-refractivity contribution in [2.45, 2.75) is 44.4 Å². The number of carbonyl (C=O) groups excluding carboxylic acids is 1. The molecule has 1 aliphatic carbocycles. The van der Waals surface area contributed by atoms with Gasteiger partial charge in [0.15, 0.2) is 9.84 Å². The van der Waals surface area contributed by atoms with Crippen LogP contribution in [0.2, 0.25) is 0 Å². The van der Waals surface area contributed by atoms with Gasteiger partial charge in [-0.15, -0.1) is 0 Å². The van der Waals surface area contributed by atoms with E-state index in [1.165, 1.54) is 24.0 Å². The van der Waals surface area contributed by atoms with E-state index in [9.17, 15) is 13.2 Å². The van der Waals surface area contributed by atoms with Crippen LogP contribution in [0.4, 0.5) is 0 Å². The molecule has 126 valence electrons. The topological polar surface area (TPSA) is 63.2 Å². The van der Waals surface area contributed by atoms with E-state index in [0.717, 1.165) is 12.8 Å². The molecule has 3 rings (SSSR count). The summed E-state index contributed by atoms with van der Waals surface area (Å²) in [6.07, 6.45) is 4.99. The first-order chi connectivity index (χ1) is 10.9. The first-order valence-corrected chi connectivity index (χ1v) is 10.3. The van der Waals surface area contributed by atoms with Gasteiger partial charge >= 0.3 is 0 Å². The predicted octanol–water partition coefficient (Wildman–Crippen LogP) is 2.36. The smallest absolute Gasteiger partial charge is 0.224 e. The zero-order valence-electron chi connectivity index (χ0n) is 13.7. The number of nitrogens with one attached hydrogen (secondary N) is 1. The Morgan fingerprint density at radius 3 is 2.65 bits per heavy atom. The average Bonchev–Trinajstić information content (AvgIpc) is 3.12. The molecule has 1 aromatic carbocycles. The van der Waals surface area contributed by atoms with Crippen molar-refractivity contribution >= 4 is 15.7 Å². The monoisotopic (exact) mass is 335 g/mol. The second-order valence-corrected chi connectivity index (χ2v) is 9.40. The molecule has 0 unspecified atom stereocenters. The number of rotatable bonds is 4. The molecule has 23 heavy (non-hydrogen) atoms. The SMILES string of the molecule is Cc1cccc(C2(CNC(=O)[C@@H]3CCS(=O)(=O)C3)CCCC2)c1. The highest BCUT2D eigenvalue weighted by molar-refractivity contribution is 7.91. The minimum atomic E-state index is -3.01. The van der Waals surface area contributed by atoms with Crippen LogP contribution in [0.5, 0.6) is 0 Å². The van der Waals surface area contributed by atoms with E-state index in [1.807, 2.05) is 0 Å². The second-order valence-electron chi connectivity index (χ2n) is 7.17. The molecule has 1 aromatic rings. The summed E-state index contributed by atoms with van der Waals surface area (Å²) in [6.45, 7) is 2.71. The predicted molar refractivity (Wildman–Crippen MR) is 91.1 cm³/mol. The lowest BCUT2D eigenvalue weighted by Crippen LogP contribution is -2.41. The zero-order valence-corrected chi connectivity index (χ0v) is 14.5. The Bertz CT molecular complexity index is 690. The number of carbonyl (C=O) groups is 1. The molecule has 4 nitrogen and oxygen atoms in total. The van der Waals surface area contributed by atoms with Crippen LogP contribution in [0.25, 0.3) is 0 Å². The van der Waals surface area contributed by atoms with Gasteiger partial charge in [0.25, 0.3) is 0 Å². The lowest BCUT2D eigenvalue weighted by atomic mass is 9.78. The van der Waals surface area contributed by atoms with Crippen molar-refractivity contribution in [2.24, 2.45) is 5.92 Å². The lowest BCUT2D eigenvalue weighted by molar-refractivity contribution is -0.124. The summed E-state index contributed by atoms with van der Waals surface area (Å²) in [4.78, 5) is 12.4. The van der Waals surface area contributed by atoms with E-state index in [4.69, 9.17) is 0 Å². The summed E-state index contributed by atoms with van der Waals surface area (Å²) in [5, 5.41) is 3.06. The van der Waals surface area contributed by atoms with Gasteiger partial charge < -0.3 is 5.32 Å². The van der Waals surface area contributed by atoms with E-state index >= 15 is 0 Å². The Labute approximate surface area is 138 Å². The summed E-state index contributed by atoms with van der Waals surface area (Å²) < 4.78 is 23.1. The molecule has 0 radical (unpaired) electrons. The quantitative estimate of drug-likeness (QED) is 0.919. The van der Waals surface area contributed by atoms with Gasteiger partial charge in [0.1, 0.15) is 0 Å². The fraction of sp³-hybridized carbons (Fsp3) is 0.611. The number of hydrogen-bond acceptors (Lipinski definition) is 3. The third kappa shape index (κ3) is 3.60. The molecule has 1 N–H and O–H groups in total. The molecule has 1 aliphatic heterocycles. The van der Waals surface area contributed by atoms with Gasteiger partial charge in [-0.3, -0.25) is 4.79 Å². The number of hydrogen-bond donors (Lipinski definition) is 1. The molecule has 0 bridgehead atoms. The standard InChI is InChI=1S/C18H25NO3S/c1-14-5-4-6-16(11-14)18(8-2-3-9-18)13-19-17(20)15-7-10-23(21,22)12-15/h4-6,11,15H,2-3,7-10,12-13H2,1H3,(H,19,20)/t15-/m1/s1. The highest BCUT2D eigenvalue weighted by atomic mass is 32.2. The average molecular weight is 335 g/mol. The summed E-state index contributed by atoms with van der Waals surface area (Å²) >= 11 is 0. The van der Waals surface area contributed by atoms with Crippen LogP contribution in [0, 0.1) is 12.8 Å². The van der Waals surface area contributed by atoms with Crippen molar-refractivity contribution < 1.29 is 13.2 Å². The van der Waals surface area contributed by atoms with Crippen LogP contribution in [-0.2, 0) is 20.0 Å². The maximum atomic E-state index is 12.4. The van der Waals surface area contributed by atoms with E-state index < -0.39 is 9.84 Å². The normalized spacial score (nSPS) is 25.3. The van der Waals surface area contributed by atoms with Gasteiger partial charge in [-0.25, -0.2) is 8.42 Å². The summed E-state index contributed by atoms with van der Waals surface area (Å²) in [6, 6.07) is 8.55. The largest absolute Gasteiger partial charge is 0.355 e. The van der Waals surface area contributed by atoms with E-state index in [-0.39, 0.29) is 28.7 Å². The number of sulfone groups is 1. The molecule has 1 saturated heterocycles. The van der Waals surface area contributed by atoms with Crippen molar-refractivity contribution in [3.63, 3.8) is 0 Å². The molecule has 1 heterocycles. The van der Waals surface area contributed by atoms with Crippen LogP contribution in [0.3, 0.4) is 0 Å². The third-order valence-electron chi connectivity index (χ3n) is 5.40. The highest BCUT2D eigenvalue weighted by Gasteiger charge is 2.38. The first kappa shape index (κ1) is 16.5. The van der Waals surface area contributed by atoms with Crippen molar-refractivity contribution in [1.82, 2.24) is 5.32 Å². The molecule has 2 aliphatic rings. The fourth-order valence-electron chi connectivity index (χ4n) is 4.00. The summed E-state index contributed by atoms with van der Waals surface area (Å²) in [7, 11) is -3.01. The van der Waals surface area contributed by atoms with Crippen molar-refractivity contribution in [1.29, 1.82) is 0 Å². The van der Waals surface area contributed by atoms with Gasteiger partial charge in [0, 0.05) is 12.0 Å². The first-order valence-electron chi connectivity index (χ1n) is 8.46. The van der Waals surface area contributed by atoms with Crippen molar-refractivity contribution in [3.8, 4) is 0 Å². The van der Waals surface area contributed by atoms with Crippen molar-refractivity contribution in [2.75, 3.05) is 18.1 Å². The number of benzene rings is 1. The summed E-state index contributed by atoms with van der Waals surface area (Å²) in [5.41, 5.74) is 2.55. The van der Waals surface area contributed by atoms with Crippen LogP contribution in [-0.4, -0.2) is 32.4 Å². The Morgan fingerprint density at radius 1 is 1.30 bits per heavy atom. The minimum Gasteiger partial charge on any atom is -0.355 e. The molecule has 1 amide bonds. The van der Waals surface area contributed by atoms with E-state index in [0.29, 0.717) is 13.0 Å². The lowest BCUT2D eigenvalue weighted by Gasteiger charge is -2.31. The van der Waals surface area contributed by atoms with E-state index in [2.05, 4.69) is 36.5 Å². The Morgan fingerprint density at radius 2 is 2.04 bits per heavy atom. The minimum absolute atomic E-state index is 0.0102. The van der Waals surface area contributed by atoms with Crippen LogP contribution < -0.4 is 5.32 Å². The van der Waals surface area contributed by atoms with Gasteiger partial charge in [0.05, 0.1) is 17.4 Å². The van der Waals surface area contributed by atoms with Gasteiger partial charge in [-0.1, -0.05) is 42.7 Å². The zero-order chi connectivity index (χ0) is 16.5. The molecular weight excluding hydrogens is 310 g/mol. The van der Waals surface area contributed by atoms with Crippen molar-refractivity contribution in [3.05, 3.63) is 35.4 Å².